The molecule has 0 aromatic heterocycles. The van der Waals surface area contributed by atoms with Gasteiger partial charge in [0, 0.05) is 23.9 Å². The Labute approximate surface area is 148 Å². The van der Waals surface area contributed by atoms with Crippen LogP contribution in [0.1, 0.15) is 25.0 Å². The first-order valence-electron chi connectivity index (χ1n) is 8.78. The zero-order valence-electron chi connectivity index (χ0n) is 14.8. The quantitative estimate of drug-likeness (QED) is 0.553. The highest BCUT2D eigenvalue weighted by molar-refractivity contribution is 5.80. The number of rotatable bonds is 0. The van der Waals surface area contributed by atoms with Crippen molar-refractivity contribution in [2.45, 2.75) is 25.0 Å². The third kappa shape index (κ3) is 1.60. The molecule has 2 heteroatoms. The monoisotopic (exact) mass is 327 g/mol. The molecular weight excluding hydrogens is 306 g/mol. The number of hydrogen-bond donors (Lipinski definition) is 0. The number of anilines is 1. The van der Waals surface area contributed by atoms with E-state index >= 15 is 0 Å². The van der Waals surface area contributed by atoms with Gasteiger partial charge in [0.05, 0.1) is 5.41 Å². The lowest BCUT2D eigenvalue weighted by molar-refractivity contribution is 0.00620. The SMILES string of the molecule is CN1c2ccccc2C(C)(C)C12Oc1ccccc1-c1ccccc12. The summed E-state index contributed by atoms with van der Waals surface area (Å²) in [4.78, 5) is 2.32. The van der Waals surface area contributed by atoms with Crippen molar-refractivity contribution in [3.05, 3.63) is 83.9 Å². The van der Waals surface area contributed by atoms with Crippen LogP contribution in [0.3, 0.4) is 0 Å². The minimum Gasteiger partial charge on any atom is -0.462 e. The molecule has 0 N–H and O–H groups in total. The highest BCUT2D eigenvalue weighted by atomic mass is 16.5. The van der Waals surface area contributed by atoms with Crippen LogP contribution in [0.15, 0.2) is 72.8 Å². The number of likely N-dealkylation sites (N-methyl/N-ethyl adjacent to an activating group) is 1. The summed E-state index contributed by atoms with van der Waals surface area (Å²) >= 11 is 0. The summed E-state index contributed by atoms with van der Waals surface area (Å²) in [6.07, 6.45) is 0. The van der Waals surface area contributed by atoms with Crippen molar-refractivity contribution in [2.24, 2.45) is 0 Å². The minimum atomic E-state index is -0.554. The Kier molecular flexibility index (Phi) is 2.72. The fraction of sp³-hybridized carbons (Fsp3) is 0.217. The maximum atomic E-state index is 6.84. The molecule has 0 saturated heterocycles. The third-order valence-electron chi connectivity index (χ3n) is 5.99. The van der Waals surface area contributed by atoms with Gasteiger partial charge < -0.3 is 9.64 Å². The molecule has 3 aromatic rings. The summed E-state index contributed by atoms with van der Waals surface area (Å²) in [5.41, 5.74) is 5.48. The summed E-state index contributed by atoms with van der Waals surface area (Å²) in [6.45, 7) is 4.58. The summed E-state index contributed by atoms with van der Waals surface area (Å²) in [5.74, 6) is 0.953. The molecule has 2 heterocycles. The molecule has 124 valence electrons. The summed E-state index contributed by atoms with van der Waals surface area (Å²) in [6, 6.07) is 25.7. The maximum absolute atomic E-state index is 6.84. The molecule has 25 heavy (non-hydrogen) atoms. The lowest BCUT2D eigenvalue weighted by Gasteiger charge is -2.49. The van der Waals surface area contributed by atoms with E-state index in [4.69, 9.17) is 4.74 Å². The molecule has 2 aliphatic heterocycles. The summed E-state index contributed by atoms with van der Waals surface area (Å²) in [7, 11) is 2.15. The van der Waals surface area contributed by atoms with Crippen LogP contribution in [0.4, 0.5) is 5.69 Å². The van der Waals surface area contributed by atoms with Crippen LogP contribution in [0, 0.1) is 0 Å². The normalized spacial score (nSPS) is 22.1. The van der Waals surface area contributed by atoms with Crippen molar-refractivity contribution in [1.82, 2.24) is 0 Å². The first kappa shape index (κ1) is 14.6. The molecule has 2 aliphatic rings. The zero-order valence-corrected chi connectivity index (χ0v) is 14.8. The predicted octanol–water partition coefficient (Wildman–Crippen LogP) is 5.33. The molecule has 2 nitrogen and oxygen atoms in total. The van der Waals surface area contributed by atoms with E-state index in [1.807, 2.05) is 0 Å². The fourth-order valence-electron chi connectivity index (χ4n) is 4.79. The Morgan fingerprint density at radius 1 is 0.720 bits per heavy atom. The lowest BCUT2D eigenvalue weighted by Crippen LogP contribution is -2.57. The van der Waals surface area contributed by atoms with E-state index in [0.29, 0.717) is 0 Å². The van der Waals surface area contributed by atoms with Crippen molar-refractivity contribution >= 4 is 5.69 Å². The molecule has 1 atom stereocenters. The molecule has 0 bridgehead atoms. The van der Waals surface area contributed by atoms with E-state index in [2.05, 4.69) is 98.6 Å². The van der Waals surface area contributed by atoms with Crippen LogP contribution in [-0.4, -0.2) is 7.05 Å². The van der Waals surface area contributed by atoms with E-state index in [1.54, 1.807) is 0 Å². The molecule has 0 amide bonds. The van der Waals surface area contributed by atoms with Crippen molar-refractivity contribution in [1.29, 1.82) is 0 Å². The fourth-order valence-corrected chi connectivity index (χ4v) is 4.79. The number of benzene rings is 3. The number of hydrogen-bond acceptors (Lipinski definition) is 2. The van der Waals surface area contributed by atoms with Crippen molar-refractivity contribution in [3.63, 3.8) is 0 Å². The maximum Gasteiger partial charge on any atom is 0.219 e. The third-order valence-corrected chi connectivity index (χ3v) is 5.99. The van der Waals surface area contributed by atoms with Crippen LogP contribution in [0.2, 0.25) is 0 Å². The van der Waals surface area contributed by atoms with Crippen LogP contribution in [0.25, 0.3) is 11.1 Å². The highest BCUT2D eigenvalue weighted by Crippen LogP contribution is 2.60. The van der Waals surface area contributed by atoms with Crippen LogP contribution < -0.4 is 9.64 Å². The number of fused-ring (bicyclic) bond motifs is 5. The summed E-state index contributed by atoms with van der Waals surface area (Å²) < 4.78 is 6.84. The van der Waals surface area contributed by atoms with Crippen molar-refractivity contribution < 1.29 is 4.74 Å². The highest BCUT2D eigenvalue weighted by Gasteiger charge is 2.61. The molecule has 0 fully saturated rings. The van der Waals surface area contributed by atoms with Gasteiger partial charge in [-0.2, -0.15) is 0 Å². The van der Waals surface area contributed by atoms with Gasteiger partial charge in [-0.25, -0.2) is 0 Å². The summed E-state index contributed by atoms with van der Waals surface area (Å²) in [5, 5.41) is 0. The van der Waals surface area contributed by atoms with Gasteiger partial charge in [-0.3, -0.25) is 0 Å². The number of nitrogens with zero attached hydrogens (tertiary/aromatic N) is 1. The number of para-hydroxylation sites is 2. The second-order valence-corrected chi connectivity index (χ2v) is 7.49. The van der Waals surface area contributed by atoms with Gasteiger partial charge >= 0.3 is 0 Å². The van der Waals surface area contributed by atoms with Gasteiger partial charge in [0.1, 0.15) is 5.75 Å². The van der Waals surface area contributed by atoms with Crippen molar-refractivity contribution in [3.8, 4) is 16.9 Å². The van der Waals surface area contributed by atoms with Gasteiger partial charge in [-0.05, 0) is 37.1 Å². The van der Waals surface area contributed by atoms with E-state index < -0.39 is 5.72 Å². The second-order valence-electron chi connectivity index (χ2n) is 7.49. The van der Waals surface area contributed by atoms with E-state index in [1.165, 1.54) is 27.9 Å². The molecule has 0 aliphatic carbocycles. The Balaban J connectivity index is 1.87. The standard InChI is InChI=1S/C23H21NO/c1-22(2)19-13-7-8-14-20(19)24(3)23(22)18-12-6-4-10-16(18)17-11-5-9-15-21(17)25-23/h4-15H,1-3H3. The molecular formula is C23H21NO. The number of ether oxygens (including phenoxy) is 1. The molecule has 0 radical (unpaired) electrons. The first-order chi connectivity index (χ1) is 12.1. The average molecular weight is 327 g/mol. The Morgan fingerprint density at radius 2 is 1.32 bits per heavy atom. The average Bonchev–Trinajstić information content (AvgIpc) is 2.82. The van der Waals surface area contributed by atoms with Crippen LogP contribution >= 0.6 is 0 Å². The van der Waals surface area contributed by atoms with E-state index in [-0.39, 0.29) is 5.41 Å². The van der Waals surface area contributed by atoms with Gasteiger partial charge in [0.15, 0.2) is 0 Å². The molecule has 5 rings (SSSR count). The topological polar surface area (TPSA) is 12.5 Å². The Hall–Kier alpha value is -2.74. The minimum absolute atomic E-state index is 0.192. The van der Waals surface area contributed by atoms with Crippen LogP contribution in [-0.2, 0) is 11.1 Å². The van der Waals surface area contributed by atoms with Crippen molar-refractivity contribution in [2.75, 3.05) is 11.9 Å². The zero-order chi connectivity index (χ0) is 17.2. The Bertz CT molecular complexity index is 991. The lowest BCUT2D eigenvalue weighted by atomic mass is 9.71. The molecule has 0 saturated carbocycles. The van der Waals surface area contributed by atoms with Gasteiger partial charge in [0.2, 0.25) is 5.72 Å². The second kappa shape index (κ2) is 4.66. The van der Waals surface area contributed by atoms with E-state index in [9.17, 15) is 0 Å². The van der Waals surface area contributed by atoms with E-state index in [0.717, 1.165) is 5.75 Å². The largest absolute Gasteiger partial charge is 0.462 e. The van der Waals surface area contributed by atoms with Gasteiger partial charge in [-0.15, -0.1) is 0 Å². The molecule has 1 unspecified atom stereocenters. The predicted molar refractivity (Wildman–Crippen MR) is 102 cm³/mol. The van der Waals surface area contributed by atoms with Gasteiger partial charge in [0.25, 0.3) is 0 Å². The van der Waals surface area contributed by atoms with Gasteiger partial charge in [-0.1, -0.05) is 60.7 Å². The first-order valence-corrected chi connectivity index (χ1v) is 8.78. The Morgan fingerprint density at radius 3 is 2.08 bits per heavy atom. The van der Waals surface area contributed by atoms with Crippen LogP contribution in [0.5, 0.6) is 5.75 Å². The molecule has 1 spiro atoms. The molecule has 3 aromatic carbocycles. The smallest absolute Gasteiger partial charge is 0.219 e.